The molecule has 1 aliphatic heterocycles. The van der Waals surface area contributed by atoms with E-state index in [0.29, 0.717) is 12.0 Å². The van der Waals surface area contributed by atoms with Crippen molar-refractivity contribution in [2.24, 2.45) is 0 Å². The van der Waals surface area contributed by atoms with Gasteiger partial charge in [-0.05, 0) is 17.7 Å². The predicted octanol–water partition coefficient (Wildman–Crippen LogP) is 1.98. The normalized spacial score (nSPS) is 22.2. The molecule has 1 heterocycles. The van der Waals surface area contributed by atoms with Gasteiger partial charge < -0.3 is 0 Å². The van der Waals surface area contributed by atoms with E-state index in [-0.39, 0.29) is 0 Å². The molecule has 19 heavy (non-hydrogen) atoms. The minimum atomic E-state index is -4.38. The van der Waals surface area contributed by atoms with E-state index in [1.54, 1.807) is 6.08 Å². The predicted molar refractivity (Wildman–Crippen MR) is 72.5 cm³/mol. The molecule has 6 heteroatoms. The second-order valence-corrected chi connectivity index (χ2v) is 7.01. The molecule has 1 unspecified atom stereocenters. The molecule has 0 saturated heterocycles. The molecule has 0 fully saturated rings. The van der Waals surface area contributed by atoms with Gasteiger partial charge in [-0.25, -0.2) is 0 Å². The van der Waals surface area contributed by atoms with Crippen molar-refractivity contribution in [1.82, 2.24) is 0 Å². The first kappa shape index (κ1) is 12.7. The fourth-order valence-corrected chi connectivity index (χ4v) is 4.01. The lowest BCUT2D eigenvalue weighted by molar-refractivity contribution is -0.114. The van der Waals surface area contributed by atoms with Gasteiger partial charge in [0.1, 0.15) is 0 Å². The number of rotatable bonds is 1. The second-order valence-electron chi connectivity index (χ2n) is 4.39. The topological polar surface area (TPSA) is 71.4 Å². The highest BCUT2D eigenvalue weighted by atomic mass is 32.2. The molecule has 0 radical (unpaired) electrons. The van der Waals surface area contributed by atoms with Crippen LogP contribution in [-0.2, 0) is 21.3 Å². The summed E-state index contributed by atoms with van der Waals surface area (Å²) in [5, 5.41) is -1.46. The number of carbonyl (C=O) groups is 1. The third-order valence-corrected chi connectivity index (χ3v) is 5.39. The summed E-state index contributed by atoms with van der Waals surface area (Å²) >= 11 is 1.45. The Labute approximate surface area is 115 Å². The van der Waals surface area contributed by atoms with E-state index in [9.17, 15) is 13.2 Å². The fourth-order valence-electron chi connectivity index (χ4n) is 2.22. The third-order valence-electron chi connectivity index (χ3n) is 3.16. The van der Waals surface area contributed by atoms with Crippen LogP contribution in [0.15, 0.2) is 51.8 Å². The Kier molecular flexibility index (Phi) is 2.88. The van der Waals surface area contributed by atoms with Gasteiger partial charge in [0.2, 0.25) is 0 Å². The van der Waals surface area contributed by atoms with Crippen molar-refractivity contribution >= 4 is 27.7 Å². The lowest BCUT2D eigenvalue weighted by Gasteiger charge is -2.24. The first-order chi connectivity index (χ1) is 8.97. The maximum Gasteiger partial charge on any atom is 0.279 e. The van der Waals surface area contributed by atoms with E-state index in [2.05, 4.69) is 0 Å². The number of fused-ring (bicyclic) bond motifs is 1. The van der Waals surface area contributed by atoms with Gasteiger partial charge in [0, 0.05) is 21.8 Å². The lowest BCUT2D eigenvalue weighted by atomic mass is 9.95. The summed E-state index contributed by atoms with van der Waals surface area (Å²) in [5.41, 5.74) is 1.47. The van der Waals surface area contributed by atoms with Crippen molar-refractivity contribution in [3.8, 4) is 0 Å². The molecular weight excluding hydrogens is 284 g/mol. The highest BCUT2D eigenvalue weighted by molar-refractivity contribution is 8.03. The van der Waals surface area contributed by atoms with Crippen LogP contribution in [0.3, 0.4) is 0 Å². The molecule has 1 atom stereocenters. The Morgan fingerprint density at radius 2 is 2.00 bits per heavy atom. The number of Topliss-reactive ketones (excluding diaryl/α,β-unsaturated/α-hetero) is 1. The number of carbonyl (C=O) groups excluding carboxylic acids is 1. The number of thioether (sulfide) groups is 1. The molecule has 0 spiro atoms. The van der Waals surface area contributed by atoms with E-state index in [4.69, 9.17) is 4.55 Å². The number of allylic oxidation sites excluding steroid dienone is 2. The van der Waals surface area contributed by atoms with E-state index in [1.807, 2.05) is 24.3 Å². The molecule has 1 N–H and O–H groups in total. The summed E-state index contributed by atoms with van der Waals surface area (Å²) in [7, 11) is -4.38. The smallest absolute Gasteiger partial charge is 0.279 e. The van der Waals surface area contributed by atoms with Gasteiger partial charge in [0.05, 0.1) is 0 Å². The Morgan fingerprint density at radius 3 is 2.74 bits per heavy atom. The lowest BCUT2D eigenvalue weighted by Crippen LogP contribution is -2.32. The van der Waals surface area contributed by atoms with E-state index in [1.165, 1.54) is 17.8 Å². The van der Waals surface area contributed by atoms with Gasteiger partial charge in [-0.15, -0.1) is 0 Å². The van der Waals surface area contributed by atoms with Crippen molar-refractivity contribution < 1.29 is 17.8 Å². The zero-order chi connectivity index (χ0) is 13.6. The average Bonchev–Trinajstić information content (AvgIpc) is 2.36. The van der Waals surface area contributed by atoms with E-state index in [0.717, 1.165) is 15.4 Å². The zero-order valence-corrected chi connectivity index (χ0v) is 11.4. The molecule has 3 rings (SSSR count). The Morgan fingerprint density at radius 1 is 1.26 bits per heavy atom. The maximum atomic E-state index is 12.2. The number of benzene rings is 1. The highest BCUT2D eigenvalue weighted by Gasteiger charge is 2.36. The first-order valence-electron chi connectivity index (χ1n) is 5.64. The van der Waals surface area contributed by atoms with Gasteiger partial charge in [0.25, 0.3) is 10.1 Å². The quantitative estimate of drug-likeness (QED) is 0.802. The number of ketones is 1. The Balaban J connectivity index is 2.02. The minimum Gasteiger partial charge on any atom is -0.293 e. The minimum absolute atomic E-state index is 0.410. The molecule has 0 bridgehead atoms. The van der Waals surface area contributed by atoms with Crippen LogP contribution in [0.25, 0.3) is 0 Å². The Hall–Kier alpha value is -1.37. The van der Waals surface area contributed by atoms with Crippen molar-refractivity contribution in [1.29, 1.82) is 0 Å². The van der Waals surface area contributed by atoms with Gasteiger partial charge in [0.15, 0.2) is 11.0 Å². The van der Waals surface area contributed by atoms with Crippen molar-refractivity contribution in [3.05, 3.63) is 52.5 Å². The average molecular weight is 294 g/mol. The third kappa shape index (κ3) is 2.16. The zero-order valence-electron chi connectivity index (χ0n) is 9.74. The van der Waals surface area contributed by atoms with Crippen LogP contribution in [-0.4, -0.2) is 24.0 Å². The molecular formula is C13H10O4S2. The van der Waals surface area contributed by atoms with Gasteiger partial charge in [-0.3, -0.25) is 9.35 Å². The van der Waals surface area contributed by atoms with Crippen LogP contribution in [0.1, 0.15) is 5.56 Å². The standard InChI is InChI=1S/C13H10O4S2/c14-13-9-7-8-3-1-2-4-10(8)18-11(9)5-6-12(13)19(15,16)17/h1-6,12H,7H2,(H,15,16,17). The molecule has 0 saturated carbocycles. The largest absolute Gasteiger partial charge is 0.293 e. The van der Waals surface area contributed by atoms with Crippen LogP contribution in [0.4, 0.5) is 0 Å². The first-order valence-corrected chi connectivity index (χ1v) is 7.96. The van der Waals surface area contributed by atoms with Crippen molar-refractivity contribution in [3.63, 3.8) is 0 Å². The summed E-state index contributed by atoms with van der Waals surface area (Å²) in [6.07, 6.45) is 3.26. The fraction of sp³-hybridized carbons (Fsp3) is 0.154. The van der Waals surface area contributed by atoms with E-state index < -0.39 is 21.2 Å². The van der Waals surface area contributed by atoms with E-state index >= 15 is 0 Å². The molecule has 0 amide bonds. The van der Waals surface area contributed by atoms with Crippen LogP contribution in [0.2, 0.25) is 0 Å². The van der Waals surface area contributed by atoms with Crippen LogP contribution >= 0.6 is 11.8 Å². The molecule has 98 valence electrons. The van der Waals surface area contributed by atoms with Crippen molar-refractivity contribution in [2.75, 3.05) is 0 Å². The molecule has 4 nitrogen and oxygen atoms in total. The summed E-state index contributed by atoms with van der Waals surface area (Å²) in [4.78, 5) is 14.0. The summed E-state index contributed by atoms with van der Waals surface area (Å²) in [5.74, 6) is -0.526. The summed E-state index contributed by atoms with van der Waals surface area (Å²) < 4.78 is 31.4. The Bertz CT molecular complexity index is 729. The summed E-state index contributed by atoms with van der Waals surface area (Å²) in [6, 6.07) is 7.69. The molecule has 1 aromatic rings. The number of hydrogen-bond acceptors (Lipinski definition) is 4. The summed E-state index contributed by atoms with van der Waals surface area (Å²) in [6.45, 7) is 0. The SMILES string of the molecule is O=C1C2=C(C=CC1S(=O)(=O)O)Sc1ccccc1C2. The second kappa shape index (κ2) is 4.33. The van der Waals surface area contributed by atoms with Crippen LogP contribution in [0.5, 0.6) is 0 Å². The van der Waals surface area contributed by atoms with Gasteiger partial charge in [-0.2, -0.15) is 8.42 Å². The van der Waals surface area contributed by atoms with Crippen molar-refractivity contribution in [2.45, 2.75) is 16.6 Å². The van der Waals surface area contributed by atoms with Gasteiger partial charge in [-0.1, -0.05) is 36.0 Å². The maximum absolute atomic E-state index is 12.2. The molecule has 1 aromatic carbocycles. The molecule has 1 aliphatic carbocycles. The highest BCUT2D eigenvalue weighted by Crippen LogP contribution is 2.41. The van der Waals surface area contributed by atoms with Crippen LogP contribution < -0.4 is 0 Å². The monoisotopic (exact) mass is 294 g/mol. The van der Waals surface area contributed by atoms with Crippen LogP contribution in [0, 0.1) is 0 Å². The molecule has 0 aromatic heterocycles. The van der Waals surface area contributed by atoms with Gasteiger partial charge >= 0.3 is 0 Å². The number of hydrogen-bond donors (Lipinski definition) is 1. The molecule has 2 aliphatic rings.